The molecule has 1 atom stereocenters. The van der Waals surface area contributed by atoms with E-state index in [1.165, 1.54) is 0 Å². The van der Waals surface area contributed by atoms with Crippen LogP contribution in [0.25, 0.3) is 0 Å². The van der Waals surface area contributed by atoms with Crippen molar-refractivity contribution in [1.29, 1.82) is 0 Å². The highest BCUT2D eigenvalue weighted by Crippen LogP contribution is 2.27. The molecule has 100 valence electrons. The molecule has 1 unspecified atom stereocenters. The van der Waals surface area contributed by atoms with Gasteiger partial charge in [-0.2, -0.15) is 0 Å². The number of hydrogen-bond acceptors (Lipinski definition) is 4. The van der Waals surface area contributed by atoms with E-state index >= 15 is 0 Å². The van der Waals surface area contributed by atoms with Crippen LogP contribution in [0.3, 0.4) is 0 Å². The van der Waals surface area contributed by atoms with Crippen molar-refractivity contribution in [1.82, 2.24) is 10.2 Å². The van der Waals surface area contributed by atoms with Crippen molar-refractivity contribution in [2.45, 2.75) is 44.9 Å². The molecule has 0 saturated carbocycles. The number of amides is 1. The molecular formula is C12H25N3O2. The van der Waals surface area contributed by atoms with Gasteiger partial charge in [-0.05, 0) is 34.7 Å². The number of morpholine rings is 1. The van der Waals surface area contributed by atoms with Gasteiger partial charge in [-0.1, -0.05) is 0 Å². The van der Waals surface area contributed by atoms with Crippen LogP contribution in [0.4, 0.5) is 0 Å². The van der Waals surface area contributed by atoms with E-state index in [0.29, 0.717) is 6.54 Å². The fraction of sp³-hybridized carbons (Fsp3) is 0.917. The highest BCUT2D eigenvalue weighted by atomic mass is 16.5. The summed E-state index contributed by atoms with van der Waals surface area (Å²) in [6.07, 6.45) is 0. The number of nitrogens with zero attached hydrogens (tertiary/aromatic N) is 1. The average molecular weight is 243 g/mol. The van der Waals surface area contributed by atoms with Gasteiger partial charge < -0.3 is 15.8 Å². The molecule has 0 aliphatic carbocycles. The van der Waals surface area contributed by atoms with E-state index in [9.17, 15) is 4.79 Å². The van der Waals surface area contributed by atoms with Crippen LogP contribution in [0.2, 0.25) is 0 Å². The summed E-state index contributed by atoms with van der Waals surface area (Å²) in [5, 5.41) is 2.95. The predicted octanol–water partition coefficient (Wildman–Crippen LogP) is -0.0509. The molecule has 0 aromatic heterocycles. The fourth-order valence-electron chi connectivity index (χ4n) is 2.66. The van der Waals surface area contributed by atoms with Gasteiger partial charge in [0.15, 0.2) is 0 Å². The summed E-state index contributed by atoms with van der Waals surface area (Å²) >= 11 is 0. The lowest BCUT2D eigenvalue weighted by Crippen LogP contribution is -2.60. The van der Waals surface area contributed by atoms with E-state index < -0.39 is 0 Å². The average Bonchev–Trinajstić information content (AvgIpc) is 2.08. The second-order valence-corrected chi connectivity index (χ2v) is 6.03. The number of nitrogens with one attached hydrogen (secondary N) is 1. The largest absolute Gasteiger partial charge is 0.368 e. The van der Waals surface area contributed by atoms with Gasteiger partial charge in [0.05, 0.1) is 17.2 Å². The minimum Gasteiger partial charge on any atom is -0.368 e. The van der Waals surface area contributed by atoms with Crippen molar-refractivity contribution >= 4 is 5.91 Å². The first-order valence-electron chi connectivity index (χ1n) is 6.04. The maximum absolute atomic E-state index is 11.2. The van der Waals surface area contributed by atoms with Crippen molar-refractivity contribution in [3.05, 3.63) is 0 Å². The van der Waals surface area contributed by atoms with Crippen LogP contribution in [0.5, 0.6) is 0 Å². The van der Waals surface area contributed by atoms with Crippen LogP contribution in [-0.4, -0.2) is 54.7 Å². The fourth-order valence-corrected chi connectivity index (χ4v) is 2.66. The zero-order valence-corrected chi connectivity index (χ0v) is 11.5. The Hall–Kier alpha value is -0.650. The van der Waals surface area contributed by atoms with E-state index in [2.05, 4.69) is 37.9 Å². The molecule has 0 aromatic carbocycles. The van der Waals surface area contributed by atoms with Crippen molar-refractivity contribution in [3.8, 4) is 0 Å². The number of rotatable bonds is 4. The van der Waals surface area contributed by atoms with Gasteiger partial charge in [-0.25, -0.2) is 0 Å². The highest BCUT2D eigenvalue weighted by molar-refractivity contribution is 5.80. The van der Waals surface area contributed by atoms with Crippen molar-refractivity contribution in [2.24, 2.45) is 5.73 Å². The summed E-state index contributed by atoms with van der Waals surface area (Å²) < 4.78 is 5.99. The zero-order chi connectivity index (χ0) is 13.3. The molecule has 5 nitrogen and oxygen atoms in total. The molecule has 0 radical (unpaired) electrons. The van der Waals surface area contributed by atoms with Gasteiger partial charge in [-0.15, -0.1) is 0 Å². The Morgan fingerprint density at radius 2 is 1.82 bits per heavy atom. The summed E-state index contributed by atoms with van der Waals surface area (Å²) in [6.45, 7) is 10.5. The second kappa shape index (κ2) is 4.92. The number of primary amides is 1. The quantitative estimate of drug-likeness (QED) is 0.726. The minimum atomic E-state index is -0.311. The Morgan fingerprint density at radius 3 is 2.18 bits per heavy atom. The van der Waals surface area contributed by atoms with Crippen LogP contribution in [0, 0.1) is 0 Å². The summed E-state index contributed by atoms with van der Waals surface area (Å²) in [5.74, 6) is -0.311. The standard InChI is InChI=1S/C12H25N3O2/c1-11(2)7-15(8-12(3,4)17-11)6-9(14-5)10(13)16/h9,14H,6-8H2,1-5H3,(H2,13,16). The van der Waals surface area contributed by atoms with Crippen LogP contribution in [0.1, 0.15) is 27.7 Å². The van der Waals surface area contributed by atoms with E-state index in [1.807, 2.05) is 0 Å². The van der Waals surface area contributed by atoms with Crippen LogP contribution < -0.4 is 11.1 Å². The summed E-state index contributed by atoms with van der Waals surface area (Å²) in [7, 11) is 1.76. The topological polar surface area (TPSA) is 67.6 Å². The normalized spacial score (nSPS) is 25.5. The Morgan fingerprint density at radius 1 is 1.35 bits per heavy atom. The molecule has 1 aliphatic rings. The summed E-state index contributed by atoms with van der Waals surface area (Å²) in [6, 6.07) is -0.306. The molecule has 0 bridgehead atoms. The molecule has 0 aromatic rings. The third-order valence-corrected chi connectivity index (χ3v) is 2.89. The van der Waals surface area contributed by atoms with Crippen LogP contribution in [-0.2, 0) is 9.53 Å². The first kappa shape index (κ1) is 14.4. The Bertz CT molecular complexity index is 273. The molecule has 0 spiro atoms. The molecular weight excluding hydrogens is 218 g/mol. The smallest absolute Gasteiger partial charge is 0.235 e. The number of likely N-dealkylation sites (N-methyl/N-ethyl adjacent to an activating group) is 1. The van der Waals surface area contributed by atoms with Crippen LogP contribution in [0.15, 0.2) is 0 Å². The molecule has 3 N–H and O–H groups in total. The van der Waals surface area contributed by atoms with E-state index in [1.54, 1.807) is 7.05 Å². The summed E-state index contributed by atoms with van der Waals surface area (Å²) in [5.41, 5.74) is 4.95. The third-order valence-electron chi connectivity index (χ3n) is 2.89. The Balaban J connectivity index is 2.68. The summed E-state index contributed by atoms with van der Waals surface area (Å²) in [4.78, 5) is 13.5. The third kappa shape index (κ3) is 4.26. The molecule has 1 rings (SSSR count). The number of hydrogen-bond donors (Lipinski definition) is 2. The first-order valence-corrected chi connectivity index (χ1v) is 6.04. The van der Waals surface area contributed by atoms with Crippen LogP contribution >= 0.6 is 0 Å². The molecule has 1 heterocycles. The molecule has 1 aliphatic heterocycles. The second-order valence-electron chi connectivity index (χ2n) is 6.03. The molecule has 1 fully saturated rings. The monoisotopic (exact) mass is 243 g/mol. The number of ether oxygens (including phenoxy) is 1. The van der Waals surface area contributed by atoms with Crippen molar-refractivity contribution in [2.75, 3.05) is 26.7 Å². The number of carbonyl (C=O) groups excluding carboxylic acids is 1. The van der Waals surface area contributed by atoms with Crippen molar-refractivity contribution < 1.29 is 9.53 Å². The maximum Gasteiger partial charge on any atom is 0.235 e. The van der Waals surface area contributed by atoms with Gasteiger partial charge in [0.25, 0.3) is 0 Å². The Kier molecular flexibility index (Phi) is 4.17. The van der Waals surface area contributed by atoms with E-state index in [0.717, 1.165) is 13.1 Å². The van der Waals surface area contributed by atoms with Gasteiger partial charge in [0.2, 0.25) is 5.91 Å². The molecule has 1 amide bonds. The molecule has 17 heavy (non-hydrogen) atoms. The predicted molar refractivity (Wildman–Crippen MR) is 67.7 cm³/mol. The number of carbonyl (C=O) groups is 1. The highest BCUT2D eigenvalue weighted by Gasteiger charge is 2.38. The first-order chi connectivity index (χ1) is 7.65. The minimum absolute atomic E-state index is 0.197. The number of nitrogens with two attached hydrogens (primary N) is 1. The Labute approximate surface area is 104 Å². The lowest BCUT2D eigenvalue weighted by Gasteiger charge is -2.47. The van der Waals surface area contributed by atoms with Gasteiger partial charge in [0.1, 0.15) is 0 Å². The van der Waals surface area contributed by atoms with Gasteiger partial charge in [0, 0.05) is 19.6 Å². The lowest BCUT2D eigenvalue weighted by molar-refractivity contribution is -0.181. The lowest BCUT2D eigenvalue weighted by atomic mass is 9.98. The van der Waals surface area contributed by atoms with Crippen molar-refractivity contribution in [3.63, 3.8) is 0 Å². The SMILES string of the molecule is CNC(CN1CC(C)(C)OC(C)(C)C1)C(N)=O. The van der Waals surface area contributed by atoms with Gasteiger partial charge >= 0.3 is 0 Å². The van der Waals surface area contributed by atoms with E-state index in [4.69, 9.17) is 10.5 Å². The van der Waals surface area contributed by atoms with E-state index in [-0.39, 0.29) is 23.2 Å². The molecule has 1 saturated heterocycles. The maximum atomic E-state index is 11.2. The van der Waals surface area contributed by atoms with Gasteiger partial charge in [-0.3, -0.25) is 9.69 Å². The molecule has 5 heteroatoms. The zero-order valence-electron chi connectivity index (χ0n) is 11.5.